The summed E-state index contributed by atoms with van der Waals surface area (Å²) in [5, 5.41) is 1.03. The Morgan fingerprint density at radius 2 is 2.00 bits per heavy atom. The second kappa shape index (κ2) is 9.13. The first-order valence-corrected chi connectivity index (χ1v) is 11.9. The Hall–Kier alpha value is -0.810. The van der Waals surface area contributed by atoms with E-state index in [0.29, 0.717) is 22.5 Å². The van der Waals surface area contributed by atoms with Crippen molar-refractivity contribution in [3.8, 4) is 0 Å². The molecule has 1 spiro atoms. The number of nitrogens with zero attached hydrogens (tertiary/aromatic N) is 2. The van der Waals surface area contributed by atoms with Crippen LogP contribution in [0.4, 0.5) is 0 Å². The summed E-state index contributed by atoms with van der Waals surface area (Å²) in [7, 11) is 0. The standard InChI is InChI=1S/C23H32Cl2N2O2/c1-2-27(22(28)15-17-6-7-18(24)19(25)14-17)20-8-10-23(9-5-13-29-23)16-21(20)26-11-3-4-12-26/h6-7,14,20-21H,2-5,8-13,15-16H2,1H3. The summed E-state index contributed by atoms with van der Waals surface area (Å²) in [6, 6.07) is 6.17. The fraction of sp³-hybridized carbons (Fsp3) is 0.696. The van der Waals surface area contributed by atoms with Crippen LogP contribution in [0.5, 0.6) is 0 Å². The molecule has 6 heteroatoms. The van der Waals surface area contributed by atoms with Crippen LogP contribution in [0.3, 0.4) is 0 Å². The van der Waals surface area contributed by atoms with E-state index in [2.05, 4.69) is 16.7 Å². The van der Waals surface area contributed by atoms with Gasteiger partial charge in [-0.15, -0.1) is 0 Å². The molecule has 0 N–H and O–H groups in total. The molecule has 3 aliphatic rings. The third-order valence-corrected chi connectivity index (χ3v) is 7.86. The number of amides is 1. The Kier molecular flexibility index (Phi) is 6.75. The number of carbonyl (C=O) groups is 1. The molecule has 3 unspecified atom stereocenters. The van der Waals surface area contributed by atoms with E-state index in [1.807, 2.05) is 12.1 Å². The van der Waals surface area contributed by atoms with Crippen molar-refractivity contribution in [2.75, 3.05) is 26.2 Å². The highest BCUT2D eigenvalue weighted by atomic mass is 35.5. The Labute approximate surface area is 184 Å². The molecule has 1 saturated carbocycles. The first-order valence-electron chi connectivity index (χ1n) is 11.1. The average molecular weight is 439 g/mol. The van der Waals surface area contributed by atoms with Crippen LogP contribution in [0, 0.1) is 0 Å². The molecule has 2 heterocycles. The van der Waals surface area contributed by atoms with Crippen molar-refractivity contribution in [3.05, 3.63) is 33.8 Å². The number of hydrogen-bond donors (Lipinski definition) is 0. The van der Waals surface area contributed by atoms with E-state index < -0.39 is 0 Å². The van der Waals surface area contributed by atoms with Crippen molar-refractivity contribution in [1.29, 1.82) is 0 Å². The van der Waals surface area contributed by atoms with Crippen LogP contribution in [-0.4, -0.2) is 59.6 Å². The van der Waals surface area contributed by atoms with Crippen LogP contribution in [0.25, 0.3) is 0 Å². The molecule has 4 nitrogen and oxygen atoms in total. The van der Waals surface area contributed by atoms with Crippen molar-refractivity contribution in [2.24, 2.45) is 0 Å². The Bertz CT molecular complexity index is 730. The van der Waals surface area contributed by atoms with Crippen molar-refractivity contribution in [1.82, 2.24) is 9.80 Å². The van der Waals surface area contributed by atoms with Crippen LogP contribution in [0.1, 0.15) is 57.4 Å². The van der Waals surface area contributed by atoms with E-state index in [-0.39, 0.29) is 17.6 Å². The lowest BCUT2D eigenvalue weighted by Gasteiger charge is -2.49. The van der Waals surface area contributed by atoms with Gasteiger partial charge in [-0.2, -0.15) is 0 Å². The van der Waals surface area contributed by atoms with Crippen LogP contribution in [-0.2, 0) is 16.0 Å². The second-order valence-corrected chi connectivity index (χ2v) is 9.67. The number of hydrogen-bond acceptors (Lipinski definition) is 3. The summed E-state index contributed by atoms with van der Waals surface area (Å²) in [5.41, 5.74) is 0.975. The molecule has 29 heavy (non-hydrogen) atoms. The highest BCUT2D eigenvalue weighted by molar-refractivity contribution is 6.42. The molecule has 2 aliphatic heterocycles. The predicted molar refractivity (Wildman–Crippen MR) is 118 cm³/mol. The molecule has 0 aromatic heterocycles. The first-order chi connectivity index (χ1) is 14.0. The summed E-state index contributed by atoms with van der Waals surface area (Å²) < 4.78 is 6.26. The number of likely N-dealkylation sites (N-methyl/N-ethyl adjacent to an activating group) is 1. The fourth-order valence-electron chi connectivity index (χ4n) is 5.67. The smallest absolute Gasteiger partial charge is 0.227 e. The largest absolute Gasteiger partial charge is 0.375 e. The van der Waals surface area contributed by atoms with Crippen molar-refractivity contribution < 1.29 is 9.53 Å². The SMILES string of the molecule is CCN(C(=O)Cc1ccc(Cl)c(Cl)c1)C1CCC2(CCCO2)CC1N1CCCC1. The molecule has 1 aliphatic carbocycles. The third-order valence-electron chi connectivity index (χ3n) is 7.12. The van der Waals surface area contributed by atoms with Gasteiger partial charge in [0.15, 0.2) is 0 Å². The number of halogens is 2. The summed E-state index contributed by atoms with van der Waals surface area (Å²) in [6.07, 6.45) is 8.41. The minimum absolute atomic E-state index is 0.0515. The monoisotopic (exact) mass is 438 g/mol. The Morgan fingerprint density at radius 1 is 1.21 bits per heavy atom. The van der Waals surface area contributed by atoms with Gasteiger partial charge in [0.1, 0.15) is 0 Å². The van der Waals surface area contributed by atoms with Gasteiger partial charge in [0.05, 0.1) is 22.1 Å². The zero-order chi connectivity index (χ0) is 20.4. The molecule has 0 radical (unpaired) electrons. The van der Waals surface area contributed by atoms with E-state index in [4.69, 9.17) is 27.9 Å². The predicted octanol–water partition coefficient (Wildman–Crippen LogP) is 4.95. The highest BCUT2D eigenvalue weighted by Crippen LogP contribution is 2.43. The maximum atomic E-state index is 13.3. The summed E-state index contributed by atoms with van der Waals surface area (Å²) in [4.78, 5) is 18.1. The molecular formula is C23H32Cl2N2O2. The van der Waals surface area contributed by atoms with Gasteiger partial charge in [-0.25, -0.2) is 0 Å². The van der Waals surface area contributed by atoms with E-state index >= 15 is 0 Å². The van der Waals surface area contributed by atoms with Crippen molar-refractivity contribution >= 4 is 29.1 Å². The number of benzene rings is 1. The average Bonchev–Trinajstić information content (AvgIpc) is 3.39. The third kappa shape index (κ3) is 4.61. The maximum absolute atomic E-state index is 13.3. The molecule has 3 fully saturated rings. The first kappa shape index (κ1) is 21.4. The van der Waals surface area contributed by atoms with Crippen LogP contribution < -0.4 is 0 Å². The van der Waals surface area contributed by atoms with Crippen molar-refractivity contribution in [2.45, 2.75) is 76.0 Å². The zero-order valence-electron chi connectivity index (χ0n) is 17.3. The summed E-state index contributed by atoms with van der Waals surface area (Å²) >= 11 is 12.2. The summed E-state index contributed by atoms with van der Waals surface area (Å²) in [5.74, 6) is 0.184. The molecular weight excluding hydrogens is 407 g/mol. The minimum atomic E-state index is 0.0515. The van der Waals surface area contributed by atoms with Gasteiger partial charge in [0.2, 0.25) is 5.91 Å². The molecule has 4 rings (SSSR count). The van der Waals surface area contributed by atoms with Gasteiger partial charge in [0.25, 0.3) is 0 Å². The molecule has 1 aromatic rings. The van der Waals surface area contributed by atoms with Crippen LogP contribution in [0.15, 0.2) is 18.2 Å². The van der Waals surface area contributed by atoms with Crippen LogP contribution >= 0.6 is 23.2 Å². The molecule has 0 bridgehead atoms. The van der Waals surface area contributed by atoms with E-state index in [1.54, 1.807) is 6.07 Å². The van der Waals surface area contributed by atoms with Gasteiger partial charge in [-0.3, -0.25) is 9.69 Å². The number of likely N-dealkylation sites (tertiary alicyclic amines) is 1. The van der Waals surface area contributed by atoms with Gasteiger partial charge < -0.3 is 9.64 Å². The minimum Gasteiger partial charge on any atom is -0.375 e. The second-order valence-electron chi connectivity index (χ2n) is 8.86. The fourth-order valence-corrected chi connectivity index (χ4v) is 5.99. The summed E-state index contributed by atoms with van der Waals surface area (Å²) in [6.45, 7) is 6.03. The molecule has 2 saturated heterocycles. The number of carbonyl (C=O) groups excluding carboxylic acids is 1. The molecule has 1 amide bonds. The van der Waals surface area contributed by atoms with E-state index in [1.165, 1.54) is 25.7 Å². The number of ether oxygens (including phenoxy) is 1. The van der Waals surface area contributed by atoms with Gasteiger partial charge >= 0.3 is 0 Å². The van der Waals surface area contributed by atoms with Gasteiger partial charge in [-0.05, 0) is 82.7 Å². The Balaban J connectivity index is 1.52. The normalized spacial score (nSPS) is 30.2. The van der Waals surface area contributed by atoms with Gasteiger partial charge in [-0.1, -0.05) is 29.3 Å². The zero-order valence-corrected chi connectivity index (χ0v) is 18.9. The highest BCUT2D eigenvalue weighted by Gasteiger charge is 2.47. The number of rotatable bonds is 5. The Morgan fingerprint density at radius 3 is 2.66 bits per heavy atom. The lowest BCUT2D eigenvalue weighted by Crippen LogP contribution is -2.59. The van der Waals surface area contributed by atoms with Crippen LogP contribution in [0.2, 0.25) is 10.0 Å². The topological polar surface area (TPSA) is 32.8 Å². The van der Waals surface area contributed by atoms with Crippen molar-refractivity contribution in [3.63, 3.8) is 0 Å². The quantitative estimate of drug-likeness (QED) is 0.651. The molecule has 160 valence electrons. The lowest BCUT2D eigenvalue weighted by molar-refractivity contribution is -0.138. The molecule has 3 atom stereocenters. The van der Waals surface area contributed by atoms with E-state index in [0.717, 1.165) is 51.1 Å². The molecule has 1 aromatic carbocycles. The lowest BCUT2D eigenvalue weighted by atomic mass is 9.76. The van der Waals surface area contributed by atoms with Gasteiger partial charge in [0, 0.05) is 25.2 Å². The maximum Gasteiger partial charge on any atom is 0.227 e. The van der Waals surface area contributed by atoms with E-state index in [9.17, 15) is 4.79 Å².